The molecular formula is C26H26F3N5O3. The number of alkyl halides is 3. The Bertz CT molecular complexity index is 1280. The number of anilines is 1. The summed E-state index contributed by atoms with van der Waals surface area (Å²) >= 11 is 0. The van der Waals surface area contributed by atoms with Gasteiger partial charge in [-0.15, -0.1) is 0 Å². The van der Waals surface area contributed by atoms with Crippen LogP contribution in [-0.2, 0) is 17.8 Å². The normalized spacial score (nSPS) is 15.4. The highest BCUT2D eigenvalue weighted by Crippen LogP contribution is 2.21. The number of rotatable bonds is 5. The number of nitriles is 1. The number of halogens is 3. The van der Waals surface area contributed by atoms with Crippen molar-refractivity contribution in [3.8, 4) is 6.07 Å². The molecule has 0 aliphatic carbocycles. The number of hydrogen-bond donors (Lipinski definition) is 3. The molecule has 1 aromatic heterocycles. The number of carboxylic acid groups (broad SMARTS) is 1. The summed E-state index contributed by atoms with van der Waals surface area (Å²) in [5, 5.41) is 22.6. The molecule has 0 bridgehead atoms. The number of benzene rings is 2. The largest absolute Gasteiger partial charge is 0.490 e. The van der Waals surface area contributed by atoms with Crippen LogP contribution in [0.3, 0.4) is 0 Å². The van der Waals surface area contributed by atoms with Gasteiger partial charge in [0, 0.05) is 42.5 Å². The molecule has 37 heavy (non-hydrogen) atoms. The highest BCUT2D eigenvalue weighted by molar-refractivity contribution is 6.04. The van der Waals surface area contributed by atoms with Gasteiger partial charge in [0.1, 0.15) is 5.82 Å². The van der Waals surface area contributed by atoms with Crippen LogP contribution in [0.15, 0.2) is 54.7 Å². The third-order valence-electron chi connectivity index (χ3n) is 5.79. The monoisotopic (exact) mass is 513 g/mol. The van der Waals surface area contributed by atoms with E-state index < -0.39 is 12.1 Å². The lowest BCUT2D eigenvalue weighted by molar-refractivity contribution is -0.192. The molecular weight excluding hydrogens is 487 g/mol. The molecule has 0 radical (unpaired) electrons. The van der Waals surface area contributed by atoms with Crippen LogP contribution < -0.4 is 10.6 Å². The zero-order valence-electron chi connectivity index (χ0n) is 20.2. The third kappa shape index (κ3) is 7.65. The van der Waals surface area contributed by atoms with Gasteiger partial charge in [0.05, 0.1) is 17.3 Å². The second kappa shape index (κ2) is 11.7. The summed E-state index contributed by atoms with van der Waals surface area (Å²) in [6, 6.07) is 17.2. The lowest BCUT2D eigenvalue weighted by Gasteiger charge is -2.28. The summed E-state index contributed by atoms with van der Waals surface area (Å²) in [7, 11) is 0. The van der Waals surface area contributed by atoms with E-state index in [9.17, 15) is 18.0 Å². The molecule has 194 valence electrons. The van der Waals surface area contributed by atoms with Crippen molar-refractivity contribution in [3.05, 3.63) is 82.9 Å². The first kappa shape index (κ1) is 27.4. The Morgan fingerprint density at radius 3 is 2.35 bits per heavy atom. The fraction of sp³-hybridized carbons (Fsp3) is 0.308. The van der Waals surface area contributed by atoms with Crippen molar-refractivity contribution in [3.63, 3.8) is 0 Å². The maximum atomic E-state index is 12.4. The number of imidazole rings is 1. The number of amides is 1. The van der Waals surface area contributed by atoms with E-state index in [1.807, 2.05) is 31.2 Å². The van der Waals surface area contributed by atoms with Gasteiger partial charge in [0.15, 0.2) is 0 Å². The summed E-state index contributed by atoms with van der Waals surface area (Å²) in [4.78, 5) is 25.9. The van der Waals surface area contributed by atoms with Crippen LogP contribution in [-0.4, -0.2) is 38.8 Å². The number of carbonyl (C=O) groups excluding carboxylic acids is 1. The van der Waals surface area contributed by atoms with Gasteiger partial charge in [-0.05, 0) is 62.2 Å². The maximum absolute atomic E-state index is 12.4. The number of nitrogens with one attached hydrogen (secondary N) is 2. The van der Waals surface area contributed by atoms with Crippen LogP contribution in [0.25, 0.3) is 0 Å². The van der Waals surface area contributed by atoms with Crippen LogP contribution in [0.4, 0.5) is 18.9 Å². The molecule has 2 unspecified atom stereocenters. The number of aromatic nitrogens is 2. The first-order chi connectivity index (χ1) is 17.5. The first-order valence-electron chi connectivity index (χ1n) is 11.5. The number of carbonyl (C=O) groups is 2. The lowest BCUT2D eigenvalue weighted by atomic mass is 10.0. The Morgan fingerprint density at radius 1 is 1.16 bits per heavy atom. The van der Waals surface area contributed by atoms with E-state index in [1.54, 1.807) is 24.3 Å². The van der Waals surface area contributed by atoms with Crippen molar-refractivity contribution >= 4 is 17.6 Å². The molecule has 4 rings (SSSR count). The van der Waals surface area contributed by atoms with E-state index in [1.165, 1.54) is 11.4 Å². The minimum Gasteiger partial charge on any atom is -0.475 e. The number of fused-ring (bicyclic) bond motifs is 1. The molecule has 0 fully saturated rings. The van der Waals surface area contributed by atoms with Crippen LogP contribution in [0.5, 0.6) is 0 Å². The smallest absolute Gasteiger partial charge is 0.475 e. The maximum Gasteiger partial charge on any atom is 0.490 e. The summed E-state index contributed by atoms with van der Waals surface area (Å²) in [5.74, 6) is -1.76. The molecule has 3 N–H and O–H groups in total. The van der Waals surface area contributed by atoms with E-state index in [4.69, 9.17) is 15.2 Å². The van der Waals surface area contributed by atoms with Crippen LogP contribution in [0.1, 0.15) is 52.4 Å². The lowest BCUT2D eigenvalue weighted by Crippen LogP contribution is -2.38. The highest BCUT2D eigenvalue weighted by atomic mass is 19.4. The minimum absolute atomic E-state index is 0.188. The van der Waals surface area contributed by atoms with Gasteiger partial charge < -0.3 is 20.3 Å². The van der Waals surface area contributed by atoms with Gasteiger partial charge in [-0.1, -0.05) is 12.1 Å². The Kier molecular flexibility index (Phi) is 8.68. The topological polar surface area (TPSA) is 120 Å². The van der Waals surface area contributed by atoms with Gasteiger partial charge in [-0.25, -0.2) is 9.78 Å². The molecule has 0 spiro atoms. The van der Waals surface area contributed by atoms with Crippen molar-refractivity contribution in [2.45, 2.75) is 51.5 Å². The van der Waals surface area contributed by atoms with E-state index in [0.29, 0.717) is 17.2 Å². The van der Waals surface area contributed by atoms with Crippen molar-refractivity contribution < 1.29 is 27.9 Å². The Labute approximate surface area is 211 Å². The molecule has 0 saturated carbocycles. The van der Waals surface area contributed by atoms with Crippen molar-refractivity contribution in [2.75, 3.05) is 5.32 Å². The number of nitrogens with zero attached hydrogens (tertiary/aromatic N) is 3. The van der Waals surface area contributed by atoms with E-state index >= 15 is 0 Å². The minimum atomic E-state index is -5.08. The molecule has 2 atom stereocenters. The highest BCUT2D eigenvalue weighted by Gasteiger charge is 2.38. The molecule has 1 aliphatic rings. The molecule has 3 aromatic rings. The fourth-order valence-electron chi connectivity index (χ4n) is 3.93. The van der Waals surface area contributed by atoms with Crippen molar-refractivity contribution in [1.29, 1.82) is 5.26 Å². The molecule has 0 saturated heterocycles. The molecule has 11 heteroatoms. The van der Waals surface area contributed by atoms with E-state index in [0.717, 1.165) is 30.8 Å². The Morgan fingerprint density at radius 2 is 1.78 bits per heavy atom. The van der Waals surface area contributed by atoms with Gasteiger partial charge >= 0.3 is 12.1 Å². The molecule has 2 aromatic carbocycles. The SMILES string of the molecule is Cc1cn2c(n1)CCC(NC(C)c1ccc(NC(=O)c3ccc(C#N)cc3)cc1)C2.O=C(O)C(F)(F)F. The molecule has 1 amide bonds. The van der Waals surface area contributed by atoms with Gasteiger partial charge in [0.2, 0.25) is 0 Å². The van der Waals surface area contributed by atoms with Crippen molar-refractivity contribution in [2.24, 2.45) is 0 Å². The van der Waals surface area contributed by atoms with Crippen LogP contribution in [0.2, 0.25) is 0 Å². The number of aliphatic carboxylic acids is 1. The average Bonchev–Trinajstić information content (AvgIpc) is 3.23. The molecule has 8 nitrogen and oxygen atoms in total. The zero-order valence-corrected chi connectivity index (χ0v) is 20.2. The van der Waals surface area contributed by atoms with Gasteiger partial charge in [-0.3, -0.25) is 4.79 Å². The first-order valence-corrected chi connectivity index (χ1v) is 11.5. The van der Waals surface area contributed by atoms with E-state index in [2.05, 4.69) is 39.4 Å². The van der Waals surface area contributed by atoms with Gasteiger partial charge in [-0.2, -0.15) is 18.4 Å². The second-order valence-corrected chi connectivity index (χ2v) is 8.64. The summed E-state index contributed by atoms with van der Waals surface area (Å²) in [6.45, 7) is 5.15. The molecule has 2 heterocycles. The Balaban J connectivity index is 0.000000479. The zero-order chi connectivity index (χ0) is 27.2. The van der Waals surface area contributed by atoms with Crippen LogP contribution >= 0.6 is 0 Å². The quantitative estimate of drug-likeness (QED) is 0.458. The summed E-state index contributed by atoms with van der Waals surface area (Å²) in [6.07, 6.45) is -0.878. The van der Waals surface area contributed by atoms with Crippen LogP contribution in [0, 0.1) is 18.3 Å². The molecule has 1 aliphatic heterocycles. The number of aryl methyl sites for hydroxylation is 2. The fourth-order valence-corrected chi connectivity index (χ4v) is 3.93. The predicted molar refractivity (Wildman–Crippen MR) is 130 cm³/mol. The number of carboxylic acids is 1. The van der Waals surface area contributed by atoms with Crippen molar-refractivity contribution in [1.82, 2.24) is 14.9 Å². The standard InChI is InChI=1S/C24H25N5O.C2HF3O2/c1-16-14-29-15-22(11-12-23(29)26-16)27-17(2)19-7-9-21(10-8-19)28-24(30)20-5-3-18(13-25)4-6-20;3-2(4,5)1(6)7/h3-10,14,17,22,27H,11-12,15H2,1-2H3,(H,28,30);(H,6,7). The average molecular weight is 514 g/mol. The second-order valence-electron chi connectivity index (χ2n) is 8.64. The van der Waals surface area contributed by atoms with Gasteiger partial charge in [0.25, 0.3) is 5.91 Å². The number of hydrogen-bond acceptors (Lipinski definition) is 5. The predicted octanol–water partition coefficient (Wildman–Crippen LogP) is 4.61. The third-order valence-corrected chi connectivity index (χ3v) is 5.79. The summed E-state index contributed by atoms with van der Waals surface area (Å²) < 4.78 is 34.0. The Hall–Kier alpha value is -4.17. The summed E-state index contributed by atoms with van der Waals surface area (Å²) in [5.41, 5.74) is 4.07. The van der Waals surface area contributed by atoms with E-state index in [-0.39, 0.29) is 11.9 Å².